The highest BCUT2D eigenvalue weighted by molar-refractivity contribution is 7.92. The molecule has 1 aromatic heterocycles. The molecule has 1 N–H and O–H groups in total. The number of sulfonamides is 1. The zero-order valence-corrected chi connectivity index (χ0v) is 20.3. The summed E-state index contributed by atoms with van der Waals surface area (Å²) in [7, 11) is -3.76. The lowest BCUT2D eigenvalue weighted by Gasteiger charge is -2.34. The second-order valence-electron chi connectivity index (χ2n) is 8.57. The topological polar surface area (TPSA) is 88.6 Å². The first-order chi connectivity index (χ1) is 17.5. The number of nitrogens with zero attached hydrogens (tertiary/aromatic N) is 2. The fraction of sp³-hybridized carbons (Fsp3) is 0.143. The third-order valence-electron chi connectivity index (χ3n) is 5.93. The van der Waals surface area contributed by atoms with Gasteiger partial charge in [0.1, 0.15) is 5.75 Å². The van der Waals surface area contributed by atoms with Gasteiger partial charge in [-0.05, 0) is 59.5 Å². The number of carbonyl (C=O) groups excluding carboxylic acids is 1. The maximum absolute atomic E-state index is 13.4. The maximum atomic E-state index is 13.4. The highest BCUT2D eigenvalue weighted by atomic mass is 32.2. The van der Waals surface area contributed by atoms with Gasteiger partial charge in [0.15, 0.2) is 6.10 Å². The number of fused-ring (bicyclic) bond motifs is 1. The van der Waals surface area contributed by atoms with E-state index in [1.807, 2.05) is 42.5 Å². The van der Waals surface area contributed by atoms with Crippen LogP contribution in [0.25, 0.3) is 0 Å². The Morgan fingerprint density at radius 1 is 0.861 bits per heavy atom. The Balaban J connectivity index is 1.31. The summed E-state index contributed by atoms with van der Waals surface area (Å²) in [6.07, 6.45) is 3.28. The monoisotopic (exact) mass is 499 g/mol. The van der Waals surface area contributed by atoms with Crippen molar-refractivity contribution < 1.29 is 17.9 Å². The number of aromatic nitrogens is 1. The van der Waals surface area contributed by atoms with Crippen molar-refractivity contribution in [2.24, 2.45) is 0 Å². The van der Waals surface area contributed by atoms with E-state index < -0.39 is 22.0 Å². The van der Waals surface area contributed by atoms with Crippen LogP contribution in [0.5, 0.6) is 5.75 Å². The molecule has 7 nitrogen and oxygen atoms in total. The van der Waals surface area contributed by atoms with E-state index in [2.05, 4.69) is 10.3 Å². The average molecular weight is 500 g/mol. The Hall–Kier alpha value is -4.17. The third-order valence-corrected chi connectivity index (χ3v) is 7.65. The molecule has 3 aromatic carbocycles. The number of hydrogen-bond donors (Lipinski definition) is 1. The van der Waals surface area contributed by atoms with Gasteiger partial charge < -0.3 is 10.1 Å². The summed E-state index contributed by atoms with van der Waals surface area (Å²) < 4.78 is 33.9. The normalized spacial score (nSPS) is 15.0. The Morgan fingerprint density at radius 3 is 2.28 bits per heavy atom. The van der Waals surface area contributed by atoms with E-state index in [0.29, 0.717) is 22.7 Å². The lowest BCUT2D eigenvalue weighted by Crippen LogP contribution is -2.49. The zero-order valence-electron chi connectivity index (χ0n) is 19.4. The van der Waals surface area contributed by atoms with E-state index in [1.54, 1.807) is 60.9 Å². The van der Waals surface area contributed by atoms with Crippen LogP contribution in [0, 0.1) is 0 Å². The van der Waals surface area contributed by atoms with Crippen molar-refractivity contribution in [2.45, 2.75) is 18.3 Å². The molecule has 0 spiro atoms. The number of anilines is 2. The summed E-state index contributed by atoms with van der Waals surface area (Å²) in [5.41, 5.74) is 3.96. The van der Waals surface area contributed by atoms with Gasteiger partial charge in [-0.2, -0.15) is 0 Å². The number of carbonyl (C=O) groups is 1. The summed E-state index contributed by atoms with van der Waals surface area (Å²) in [5, 5.41) is 2.86. The average Bonchev–Trinajstić information content (AvgIpc) is 2.90. The number of amides is 1. The molecule has 36 heavy (non-hydrogen) atoms. The van der Waals surface area contributed by atoms with Crippen LogP contribution in [0.2, 0.25) is 0 Å². The molecule has 0 radical (unpaired) electrons. The molecule has 1 atom stereocenters. The van der Waals surface area contributed by atoms with Crippen LogP contribution in [-0.4, -0.2) is 32.0 Å². The highest BCUT2D eigenvalue weighted by Gasteiger charge is 2.36. The van der Waals surface area contributed by atoms with E-state index >= 15 is 0 Å². The number of pyridine rings is 1. The van der Waals surface area contributed by atoms with Crippen molar-refractivity contribution in [3.8, 4) is 5.75 Å². The van der Waals surface area contributed by atoms with Gasteiger partial charge in [0.05, 0.1) is 18.0 Å². The van der Waals surface area contributed by atoms with Crippen LogP contribution < -0.4 is 14.4 Å². The minimum atomic E-state index is -3.76. The van der Waals surface area contributed by atoms with Gasteiger partial charge in [-0.15, -0.1) is 0 Å². The van der Waals surface area contributed by atoms with Gasteiger partial charge >= 0.3 is 0 Å². The minimum absolute atomic E-state index is 0.113. The van der Waals surface area contributed by atoms with Gasteiger partial charge in [0.25, 0.3) is 5.91 Å². The third kappa shape index (κ3) is 5.39. The Morgan fingerprint density at radius 2 is 1.53 bits per heavy atom. The van der Waals surface area contributed by atoms with Crippen LogP contribution in [-0.2, 0) is 27.0 Å². The predicted octanol–water partition coefficient (Wildman–Crippen LogP) is 4.41. The smallest absolute Gasteiger partial charge is 0.267 e. The summed E-state index contributed by atoms with van der Waals surface area (Å²) in [5.74, 6) is -0.227. The molecule has 0 saturated heterocycles. The van der Waals surface area contributed by atoms with Crippen molar-refractivity contribution in [3.05, 3.63) is 120 Å². The molecule has 5 rings (SSSR count). The van der Waals surface area contributed by atoms with Crippen LogP contribution >= 0.6 is 0 Å². The zero-order chi connectivity index (χ0) is 25.0. The second kappa shape index (κ2) is 10.2. The fourth-order valence-corrected chi connectivity index (χ4v) is 5.71. The van der Waals surface area contributed by atoms with E-state index in [0.717, 1.165) is 17.5 Å². The number of para-hydroxylation sites is 2. The first-order valence-corrected chi connectivity index (χ1v) is 13.2. The first-order valence-electron chi connectivity index (χ1n) is 11.6. The number of hydrogen-bond acceptors (Lipinski definition) is 5. The van der Waals surface area contributed by atoms with Crippen molar-refractivity contribution >= 4 is 27.3 Å². The number of ether oxygens (including phenoxy) is 1. The maximum Gasteiger partial charge on any atom is 0.267 e. The quantitative estimate of drug-likeness (QED) is 0.407. The lowest BCUT2D eigenvalue weighted by atomic mass is 10.1. The van der Waals surface area contributed by atoms with Gasteiger partial charge in [-0.3, -0.25) is 14.1 Å². The minimum Gasteiger partial charge on any atom is -0.476 e. The number of benzene rings is 3. The van der Waals surface area contributed by atoms with Crippen LogP contribution in [0.4, 0.5) is 11.4 Å². The first kappa shape index (κ1) is 23.6. The second-order valence-corrected chi connectivity index (χ2v) is 10.5. The molecule has 0 fully saturated rings. The van der Waals surface area contributed by atoms with E-state index in [4.69, 9.17) is 4.74 Å². The molecule has 1 aliphatic rings. The SMILES string of the molecule is O=C(Nc1ccc(Cc2ccncc2)cc1)C1CN(S(=O)(=O)Cc2ccccc2)c2ccccc2O1. The standard InChI is InChI=1S/C28H25N3O4S/c32-28(30-24-12-10-21(11-13-24)18-22-14-16-29-17-15-22)27-19-31(25-8-4-5-9-26(25)35-27)36(33,34)20-23-6-2-1-3-7-23/h1-17,27H,18-20H2,(H,30,32). The van der Waals surface area contributed by atoms with Crippen molar-refractivity contribution in [1.82, 2.24) is 4.98 Å². The Labute approximate surface area is 210 Å². The molecule has 4 aromatic rings. The Kier molecular flexibility index (Phi) is 6.69. The molecule has 0 aliphatic carbocycles. The van der Waals surface area contributed by atoms with Gasteiger partial charge in [0, 0.05) is 18.1 Å². The molecule has 0 saturated carbocycles. The molecule has 1 unspecified atom stereocenters. The van der Waals surface area contributed by atoms with Gasteiger partial charge in [-0.1, -0.05) is 54.6 Å². The molecule has 8 heteroatoms. The molecular weight excluding hydrogens is 474 g/mol. The number of nitrogens with one attached hydrogen (secondary N) is 1. The summed E-state index contributed by atoms with van der Waals surface area (Å²) in [6.45, 7) is -0.113. The van der Waals surface area contributed by atoms with E-state index in [-0.39, 0.29) is 12.3 Å². The summed E-state index contributed by atoms with van der Waals surface area (Å²) in [6, 6.07) is 27.3. The van der Waals surface area contributed by atoms with Crippen molar-refractivity contribution in [2.75, 3.05) is 16.2 Å². The molecule has 1 aliphatic heterocycles. The van der Waals surface area contributed by atoms with Crippen LogP contribution in [0.3, 0.4) is 0 Å². The predicted molar refractivity (Wildman–Crippen MR) is 139 cm³/mol. The largest absolute Gasteiger partial charge is 0.476 e. The molecule has 182 valence electrons. The molecule has 1 amide bonds. The molecule has 2 heterocycles. The highest BCUT2D eigenvalue weighted by Crippen LogP contribution is 2.36. The van der Waals surface area contributed by atoms with Gasteiger partial charge in [-0.25, -0.2) is 8.42 Å². The van der Waals surface area contributed by atoms with Gasteiger partial charge in [0.2, 0.25) is 10.0 Å². The lowest BCUT2D eigenvalue weighted by molar-refractivity contribution is -0.122. The van der Waals surface area contributed by atoms with Crippen molar-refractivity contribution in [3.63, 3.8) is 0 Å². The summed E-state index contributed by atoms with van der Waals surface area (Å²) >= 11 is 0. The van der Waals surface area contributed by atoms with E-state index in [1.165, 1.54) is 4.31 Å². The Bertz CT molecular complexity index is 1440. The summed E-state index contributed by atoms with van der Waals surface area (Å²) in [4.78, 5) is 17.2. The van der Waals surface area contributed by atoms with Crippen LogP contribution in [0.15, 0.2) is 103 Å². The molecule has 0 bridgehead atoms. The fourth-order valence-electron chi connectivity index (χ4n) is 4.13. The van der Waals surface area contributed by atoms with Crippen molar-refractivity contribution in [1.29, 1.82) is 0 Å². The van der Waals surface area contributed by atoms with Crippen LogP contribution in [0.1, 0.15) is 16.7 Å². The number of rotatable bonds is 7. The molecular formula is C28H25N3O4S. The van der Waals surface area contributed by atoms with E-state index in [9.17, 15) is 13.2 Å².